The second-order valence-corrected chi connectivity index (χ2v) is 9.16. The molecule has 1 aromatic rings. The molecule has 0 bridgehead atoms. The highest BCUT2D eigenvalue weighted by Gasteiger charge is 2.34. The van der Waals surface area contributed by atoms with Crippen LogP contribution < -0.4 is 10.0 Å². The molecule has 0 atom stereocenters. The van der Waals surface area contributed by atoms with E-state index in [0.29, 0.717) is 17.5 Å². The van der Waals surface area contributed by atoms with E-state index in [4.69, 9.17) is 23.2 Å². The minimum atomic E-state index is -3.95. The summed E-state index contributed by atoms with van der Waals surface area (Å²) in [5.74, 6) is 0.120. The van der Waals surface area contributed by atoms with Crippen LogP contribution in [0.4, 0.5) is 0 Å². The molecule has 0 saturated heterocycles. The molecule has 0 aliphatic heterocycles. The van der Waals surface area contributed by atoms with E-state index >= 15 is 0 Å². The Morgan fingerprint density at radius 3 is 2.46 bits per heavy atom. The molecular formula is C16H22Cl2N2O3S. The molecule has 1 aliphatic rings. The second kappa shape index (κ2) is 7.60. The highest BCUT2D eigenvalue weighted by atomic mass is 35.5. The van der Waals surface area contributed by atoms with Gasteiger partial charge in [0.1, 0.15) is 10.4 Å². The van der Waals surface area contributed by atoms with Crippen LogP contribution >= 0.6 is 23.2 Å². The van der Waals surface area contributed by atoms with Crippen molar-refractivity contribution in [3.05, 3.63) is 28.2 Å². The second-order valence-electron chi connectivity index (χ2n) is 6.67. The molecule has 2 rings (SSSR count). The number of sulfonamides is 1. The van der Waals surface area contributed by atoms with Gasteiger partial charge in [0.15, 0.2) is 0 Å². The van der Waals surface area contributed by atoms with E-state index in [1.165, 1.54) is 44.9 Å². The van der Waals surface area contributed by atoms with Crippen molar-refractivity contribution >= 4 is 39.1 Å². The van der Waals surface area contributed by atoms with E-state index in [2.05, 4.69) is 10.0 Å². The van der Waals surface area contributed by atoms with Gasteiger partial charge in [-0.1, -0.05) is 36.0 Å². The summed E-state index contributed by atoms with van der Waals surface area (Å²) in [4.78, 5) is 12.3. The minimum absolute atomic E-state index is 0.0113. The lowest BCUT2D eigenvalue weighted by Crippen LogP contribution is -2.55. The van der Waals surface area contributed by atoms with E-state index in [9.17, 15) is 13.2 Å². The Morgan fingerprint density at radius 2 is 1.88 bits per heavy atom. The Morgan fingerprint density at radius 1 is 1.25 bits per heavy atom. The average molecular weight is 393 g/mol. The van der Waals surface area contributed by atoms with Gasteiger partial charge in [-0.25, -0.2) is 8.42 Å². The van der Waals surface area contributed by atoms with Crippen molar-refractivity contribution in [2.45, 2.75) is 50.0 Å². The first-order valence-electron chi connectivity index (χ1n) is 7.89. The van der Waals surface area contributed by atoms with Crippen LogP contribution in [0, 0.1) is 5.92 Å². The van der Waals surface area contributed by atoms with Crippen molar-refractivity contribution in [3.8, 4) is 0 Å². The highest BCUT2D eigenvalue weighted by Crippen LogP contribution is 2.26. The molecule has 0 heterocycles. The molecule has 1 aliphatic carbocycles. The smallest absolute Gasteiger partial charge is 0.243 e. The van der Waals surface area contributed by atoms with E-state index in [-0.39, 0.29) is 15.8 Å². The molecule has 8 heteroatoms. The Labute approximate surface area is 153 Å². The number of hydrogen-bond donors (Lipinski definition) is 2. The molecule has 1 fully saturated rings. The van der Waals surface area contributed by atoms with Crippen LogP contribution in [0.1, 0.15) is 39.5 Å². The zero-order valence-corrected chi connectivity index (χ0v) is 16.1. The molecule has 0 spiro atoms. The molecule has 134 valence electrons. The fourth-order valence-corrected chi connectivity index (χ4v) is 4.95. The van der Waals surface area contributed by atoms with Gasteiger partial charge in [0.25, 0.3) is 0 Å². The van der Waals surface area contributed by atoms with Crippen molar-refractivity contribution in [1.82, 2.24) is 10.0 Å². The topological polar surface area (TPSA) is 75.3 Å². The first kappa shape index (κ1) is 19.5. The lowest BCUT2D eigenvalue weighted by atomic mass is 10.0. The maximum absolute atomic E-state index is 12.5. The molecule has 0 aromatic heterocycles. The summed E-state index contributed by atoms with van der Waals surface area (Å²) in [5, 5.41) is 3.19. The Kier molecular flexibility index (Phi) is 6.18. The number of hydrogen-bond acceptors (Lipinski definition) is 3. The Hall–Kier alpha value is -0.820. The van der Waals surface area contributed by atoms with Crippen LogP contribution in [0.5, 0.6) is 0 Å². The SMILES string of the molecule is CC(C)(NS(=O)(=O)c1ccc(Cl)cc1Cl)C(=O)NCC1CCCC1. The van der Waals surface area contributed by atoms with Gasteiger partial charge < -0.3 is 5.32 Å². The minimum Gasteiger partial charge on any atom is -0.354 e. The van der Waals surface area contributed by atoms with Crippen LogP contribution in [0.2, 0.25) is 10.0 Å². The molecule has 0 radical (unpaired) electrons. The van der Waals surface area contributed by atoms with Gasteiger partial charge >= 0.3 is 0 Å². The van der Waals surface area contributed by atoms with Gasteiger partial charge in [0.05, 0.1) is 5.02 Å². The molecule has 24 heavy (non-hydrogen) atoms. The highest BCUT2D eigenvalue weighted by molar-refractivity contribution is 7.89. The number of carbonyl (C=O) groups excluding carboxylic acids is 1. The summed E-state index contributed by atoms with van der Waals surface area (Å²) in [7, 11) is -3.95. The molecule has 1 amide bonds. The number of halogens is 2. The van der Waals surface area contributed by atoms with E-state index in [1.54, 1.807) is 0 Å². The van der Waals surface area contributed by atoms with Crippen LogP contribution in [-0.4, -0.2) is 26.4 Å². The summed E-state index contributed by atoms with van der Waals surface area (Å²) >= 11 is 11.8. The predicted octanol–water partition coefficient (Wildman–Crippen LogP) is 3.36. The van der Waals surface area contributed by atoms with Gasteiger partial charge in [-0.3, -0.25) is 4.79 Å². The van der Waals surface area contributed by atoms with Gasteiger partial charge in [0, 0.05) is 11.6 Å². The Bertz CT molecular complexity index is 714. The lowest BCUT2D eigenvalue weighted by molar-refractivity contribution is -0.125. The van der Waals surface area contributed by atoms with Gasteiger partial charge in [-0.05, 0) is 50.8 Å². The van der Waals surface area contributed by atoms with Crippen LogP contribution in [0.3, 0.4) is 0 Å². The normalized spacial score (nSPS) is 16.3. The number of carbonyl (C=O) groups is 1. The number of amides is 1. The third-order valence-corrected chi connectivity index (χ3v) is 6.54. The molecule has 5 nitrogen and oxygen atoms in total. The maximum Gasteiger partial charge on any atom is 0.243 e. The summed E-state index contributed by atoms with van der Waals surface area (Å²) in [6, 6.07) is 4.11. The van der Waals surface area contributed by atoms with E-state index in [1.807, 2.05) is 0 Å². The first-order valence-corrected chi connectivity index (χ1v) is 10.1. The molecule has 1 saturated carbocycles. The monoisotopic (exact) mass is 392 g/mol. The maximum atomic E-state index is 12.5. The number of benzene rings is 1. The number of rotatable bonds is 6. The average Bonchev–Trinajstić information content (AvgIpc) is 2.96. The standard InChI is InChI=1S/C16H22Cl2N2O3S/c1-16(2,15(21)19-10-11-5-3-4-6-11)20-24(22,23)14-8-7-12(17)9-13(14)18/h7-9,11,20H,3-6,10H2,1-2H3,(H,19,21). The summed E-state index contributed by atoms with van der Waals surface area (Å²) < 4.78 is 27.5. The summed E-state index contributed by atoms with van der Waals surface area (Å²) in [6.07, 6.45) is 4.58. The molecular weight excluding hydrogens is 371 g/mol. The first-order chi connectivity index (χ1) is 11.1. The van der Waals surface area contributed by atoms with Crippen LogP contribution in [0.15, 0.2) is 23.1 Å². The van der Waals surface area contributed by atoms with Crippen LogP contribution in [0.25, 0.3) is 0 Å². The van der Waals surface area contributed by atoms with Crippen molar-refractivity contribution < 1.29 is 13.2 Å². The van der Waals surface area contributed by atoms with Gasteiger partial charge in [0.2, 0.25) is 15.9 Å². The Balaban J connectivity index is 2.06. The van der Waals surface area contributed by atoms with Crippen molar-refractivity contribution in [2.24, 2.45) is 5.92 Å². The molecule has 1 aromatic carbocycles. The third-order valence-electron chi connectivity index (χ3n) is 4.17. The fourth-order valence-electron chi connectivity index (χ4n) is 2.80. The van der Waals surface area contributed by atoms with E-state index in [0.717, 1.165) is 12.8 Å². The summed E-state index contributed by atoms with van der Waals surface area (Å²) in [6.45, 7) is 3.63. The number of nitrogens with one attached hydrogen (secondary N) is 2. The fraction of sp³-hybridized carbons (Fsp3) is 0.562. The van der Waals surface area contributed by atoms with Crippen molar-refractivity contribution in [2.75, 3.05) is 6.54 Å². The lowest BCUT2D eigenvalue weighted by Gasteiger charge is -2.26. The van der Waals surface area contributed by atoms with Gasteiger partial charge in [-0.15, -0.1) is 0 Å². The van der Waals surface area contributed by atoms with E-state index < -0.39 is 15.6 Å². The van der Waals surface area contributed by atoms with Gasteiger partial charge in [-0.2, -0.15) is 4.72 Å². The summed E-state index contributed by atoms with van der Waals surface area (Å²) in [5.41, 5.74) is -1.29. The van der Waals surface area contributed by atoms with Crippen LogP contribution in [-0.2, 0) is 14.8 Å². The van der Waals surface area contributed by atoms with Crippen molar-refractivity contribution in [1.29, 1.82) is 0 Å². The molecule has 2 N–H and O–H groups in total. The quantitative estimate of drug-likeness (QED) is 0.778. The zero-order chi connectivity index (χ0) is 18.0. The largest absolute Gasteiger partial charge is 0.354 e. The predicted molar refractivity (Wildman–Crippen MR) is 95.8 cm³/mol. The van der Waals surface area contributed by atoms with Crippen molar-refractivity contribution in [3.63, 3.8) is 0 Å². The molecule has 0 unspecified atom stereocenters. The third kappa shape index (κ3) is 4.85. The zero-order valence-electron chi connectivity index (χ0n) is 13.7.